The smallest absolute Gasteiger partial charge is 0.122 e. The van der Waals surface area contributed by atoms with E-state index in [0.717, 1.165) is 18.6 Å². The van der Waals surface area contributed by atoms with E-state index >= 15 is 0 Å². The second-order valence-corrected chi connectivity index (χ2v) is 3.73. The van der Waals surface area contributed by atoms with E-state index in [1.807, 2.05) is 6.07 Å². The lowest BCUT2D eigenvalue weighted by Gasteiger charge is -2.08. The van der Waals surface area contributed by atoms with Gasteiger partial charge in [0.2, 0.25) is 0 Å². The summed E-state index contributed by atoms with van der Waals surface area (Å²) in [6.45, 7) is 4.83. The number of rotatable bonds is 5. The van der Waals surface area contributed by atoms with Gasteiger partial charge in [-0.2, -0.15) is 5.26 Å². The highest BCUT2D eigenvalue weighted by molar-refractivity contribution is 5.35. The maximum Gasteiger partial charge on any atom is 0.122 e. The predicted molar refractivity (Wildman–Crippen MR) is 60.9 cm³/mol. The molecule has 0 aromatic heterocycles. The zero-order valence-electron chi connectivity index (χ0n) is 9.42. The number of aryl methyl sites for hydroxylation is 2. The summed E-state index contributed by atoms with van der Waals surface area (Å²) in [5, 5.41) is 8.37. The van der Waals surface area contributed by atoms with Crippen molar-refractivity contribution < 1.29 is 4.74 Å². The van der Waals surface area contributed by atoms with Crippen LogP contribution in [0.5, 0.6) is 5.75 Å². The van der Waals surface area contributed by atoms with Crippen molar-refractivity contribution in [1.82, 2.24) is 0 Å². The molecule has 0 fully saturated rings. The first-order valence-corrected chi connectivity index (χ1v) is 5.31. The molecule has 0 bridgehead atoms. The van der Waals surface area contributed by atoms with Crippen molar-refractivity contribution in [2.45, 2.75) is 33.1 Å². The molecule has 1 rings (SSSR count). The molecule has 2 heteroatoms. The van der Waals surface area contributed by atoms with Crippen molar-refractivity contribution in [2.24, 2.45) is 0 Å². The van der Waals surface area contributed by atoms with E-state index in [9.17, 15) is 0 Å². The van der Waals surface area contributed by atoms with Crippen molar-refractivity contribution in [3.63, 3.8) is 0 Å². The summed E-state index contributed by atoms with van der Waals surface area (Å²) in [7, 11) is 0. The quantitative estimate of drug-likeness (QED) is 0.687. The van der Waals surface area contributed by atoms with E-state index < -0.39 is 0 Å². The average Bonchev–Trinajstić information content (AvgIpc) is 2.20. The molecule has 15 heavy (non-hydrogen) atoms. The summed E-state index contributed by atoms with van der Waals surface area (Å²) in [4.78, 5) is 0. The fraction of sp³-hybridized carbons (Fsp3) is 0.462. The summed E-state index contributed by atoms with van der Waals surface area (Å²) in [6, 6.07) is 8.31. The number of nitriles is 1. The Balaban J connectivity index is 2.35. The van der Waals surface area contributed by atoms with Gasteiger partial charge in [-0.1, -0.05) is 17.7 Å². The normalized spacial score (nSPS) is 9.67. The fourth-order valence-electron chi connectivity index (χ4n) is 1.45. The molecular weight excluding hydrogens is 186 g/mol. The van der Waals surface area contributed by atoms with Gasteiger partial charge in [0.1, 0.15) is 5.75 Å². The second-order valence-electron chi connectivity index (χ2n) is 3.73. The molecule has 0 aliphatic carbocycles. The van der Waals surface area contributed by atoms with E-state index in [1.165, 1.54) is 11.1 Å². The van der Waals surface area contributed by atoms with E-state index in [1.54, 1.807) is 0 Å². The largest absolute Gasteiger partial charge is 0.493 e. The molecule has 0 atom stereocenters. The first kappa shape index (κ1) is 11.6. The Kier molecular flexibility index (Phi) is 4.70. The Morgan fingerprint density at radius 1 is 1.27 bits per heavy atom. The Bertz CT molecular complexity index is 352. The Labute approximate surface area is 91.5 Å². The SMILES string of the molecule is Cc1ccc(OCCCCC#N)c(C)c1. The minimum atomic E-state index is 0.621. The summed E-state index contributed by atoms with van der Waals surface area (Å²) in [5.41, 5.74) is 2.43. The molecule has 0 amide bonds. The standard InChI is InChI=1S/C13H17NO/c1-11-6-7-13(12(2)10-11)15-9-5-3-4-8-14/h6-7,10H,3-5,9H2,1-2H3. The number of unbranched alkanes of at least 4 members (excludes halogenated alkanes) is 2. The van der Waals surface area contributed by atoms with E-state index in [2.05, 4.69) is 32.0 Å². The number of ether oxygens (including phenoxy) is 1. The van der Waals surface area contributed by atoms with Crippen LogP contribution in [0, 0.1) is 25.2 Å². The molecular formula is C13H17NO. The van der Waals surface area contributed by atoms with Gasteiger partial charge in [0.05, 0.1) is 12.7 Å². The van der Waals surface area contributed by atoms with E-state index in [-0.39, 0.29) is 0 Å². The van der Waals surface area contributed by atoms with Crippen molar-refractivity contribution in [3.8, 4) is 11.8 Å². The van der Waals surface area contributed by atoms with Crippen LogP contribution >= 0.6 is 0 Å². The van der Waals surface area contributed by atoms with Gasteiger partial charge in [-0.25, -0.2) is 0 Å². The molecule has 80 valence electrons. The molecule has 0 radical (unpaired) electrons. The van der Waals surface area contributed by atoms with Crippen molar-refractivity contribution in [1.29, 1.82) is 5.26 Å². The summed E-state index contributed by atoms with van der Waals surface area (Å²) in [5.74, 6) is 0.956. The van der Waals surface area contributed by atoms with Gasteiger partial charge >= 0.3 is 0 Å². The molecule has 0 unspecified atom stereocenters. The lowest BCUT2D eigenvalue weighted by molar-refractivity contribution is 0.305. The lowest BCUT2D eigenvalue weighted by atomic mass is 10.1. The molecule has 1 aromatic rings. The monoisotopic (exact) mass is 203 g/mol. The number of hydrogen-bond acceptors (Lipinski definition) is 2. The third-order valence-electron chi connectivity index (χ3n) is 2.27. The summed E-state index contributed by atoms with van der Waals surface area (Å²) < 4.78 is 5.63. The second kappa shape index (κ2) is 6.08. The average molecular weight is 203 g/mol. The third-order valence-corrected chi connectivity index (χ3v) is 2.27. The first-order valence-electron chi connectivity index (χ1n) is 5.31. The van der Waals surface area contributed by atoms with Crippen LogP contribution in [0.4, 0.5) is 0 Å². The molecule has 0 N–H and O–H groups in total. The van der Waals surface area contributed by atoms with Crippen LogP contribution < -0.4 is 4.74 Å². The predicted octanol–water partition coefficient (Wildman–Crippen LogP) is 3.38. The van der Waals surface area contributed by atoms with Gasteiger partial charge in [-0.05, 0) is 38.3 Å². The molecule has 0 aliphatic rings. The van der Waals surface area contributed by atoms with Crippen molar-refractivity contribution in [2.75, 3.05) is 6.61 Å². The van der Waals surface area contributed by atoms with Gasteiger partial charge in [-0.15, -0.1) is 0 Å². The third kappa shape index (κ3) is 4.03. The number of hydrogen-bond donors (Lipinski definition) is 0. The van der Waals surface area contributed by atoms with Crippen LogP contribution in [0.15, 0.2) is 18.2 Å². The van der Waals surface area contributed by atoms with Crippen molar-refractivity contribution in [3.05, 3.63) is 29.3 Å². The first-order chi connectivity index (χ1) is 7.24. The van der Waals surface area contributed by atoms with Crippen LogP contribution in [0.1, 0.15) is 30.4 Å². The summed E-state index contributed by atoms with van der Waals surface area (Å²) >= 11 is 0. The van der Waals surface area contributed by atoms with Gasteiger partial charge in [-0.3, -0.25) is 0 Å². The molecule has 0 saturated heterocycles. The zero-order chi connectivity index (χ0) is 11.1. The van der Waals surface area contributed by atoms with Crippen molar-refractivity contribution >= 4 is 0 Å². The van der Waals surface area contributed by atoms with Crippen LogP contribution in [0.2, 0.25) is 0 Å². The number of nitrogens with zero attached hydrogens (tertiary/aromatic N) is 1. The minimum Gasteiger partial charge on any atom is -0.493 e. The van der Waals surface area contributed by atoms with Gasteiger partial charge in [0, 0.05) is 6.42 Å². The maximum atomic E-state index is 8.37. The van der Waals surface area contributed by atoms with Crippen LogP contribution in [0.25, 0.3) is 0 Å². The highest BCUT2D eigenvalue weighted by Gasteiger charge is 1.98. The molecule has 0 aliphatic heterocycles. The Morgan fingerprint density at radius 3 is 2.73 bits per heavy atom. The molecule has 0 saturated carbocycles. The topological polar surface area (TPSA) is 33.0 Å². The highest BCUT2D eigenvalue weighted by Crippen LogP contribution is 2.18. The molecule has 2 nitrogen and oxygen atoms in total. The van der Waals surface area contributed by atoms with E-state index in [0.29, 0.717) is 13.0 Å². The van der Waals surface area contributed by atoms with Gasteiger partial charge in [0.15, 0.2) is 0 Å². The zero-order valence-corrected chi connectivity index (χ0v) is 9.42. The number of benzene rings is 1. The summed E-state index contributed by atoms with van der Waals surface area (Å²) in [6.07, 6.45) is 2.48. The molecule has 1 aromatic carbocycles. The van der Waals surface area contributed by atoms with Gasteiger partial charge < -0.3 is 4.74 Å². The Morgan fingerprint density at radius 2 is 2.07 bits per heavy atom. The van der Waals surface area contributed by atoms with Crippen LogP contribution in [0.3, 0.4) is 0 Å². The van der Waals surface area contributed by atoms with Crippen LogP contribution in [-0.2, 0) is 0 Å². The lowest BCUT2D eigenvalue weighted by Crippen LogP contribution is -1.98. The van der Waals surface area contributed by atoms with Crippen LogP contribution in [-0.4, -0.2) is 6.61 Å². The van der Waals surface area contributed by atoms with E-state index in [4.69, 9.17) is 10.00 Å². The Hall–Kier alpha value is -1.49. The molecule has 0 heterocycles. The van der Waals surface area contributed by atoms with Gasteiger partial charge in [0.25, 0.3) is 0 Å². The highest BCUT2D eigenvalue weighted by atomic mass is 16.5. The minimum absolute atomic E-state index is 0.621. The maximum absolute atomic E-state index is 8.37. The molecule has 0 spiro atoms. The fourth-order valence-corrected chi connectivity index (χ4v) is 1.45.